The predicted molar refractivity (Wildman–Crippen MR) is 63.1 cm³/mol. The Balaban J connectivity index is 1.79. The third-order valence-corrected chi connectivity index (χ3v) is 3.04. The van der Waals surface area contributed by atoms with Crippen LogP contribution in [0, 0.1) is 0 Å². The Morgan fingerprint density at radius 3 is 3.00 bits per heavy atom. The average molecular weight is 255 g/mol. The van der Waals surface area contributed by atoms with E-state index in [1.165, 1.54) is 18.4 Å². The molecule has 1 amide bonds. The lowest BCUT2D eigenvalue weighted by molar-refractivity contribution is -0.119. The van der Waals surface area contributed by atoms with Gasteiger partial charge in [0.25, 0.3) is 0 Å². The molecular weight excluding hydrogens is 242 g/mol. The number of hydrogen-bond acceptors (Lipinski definition) is 6. The molecule has 92 valence electrons. The molecule has 6 nitrogen and oxygen atoms in total. The maximum Gasteiger partial charge on any atom is 0.357 e. The Hall–Kier alpha value is -1.63. The van der Waals surface area contributed by atoms with Gasteiger partial charge in [-0.25, -0.2) is 9.78 Å². The number of methoxy groups -OCH3 is 1. The van der Waals surface area contributed by atoms with E-state index in [1.54, 1.807) is 5.38 Å². The summed E-state index contributed by atoms with van der Waals surface area (Å²) in [6.07, 6.45) is 2.13. The maximum atomic E-state index is 11.4. The Kier molecular flexibility index (Phi) is 3.58. The number of aromatic nitrogens is 1. The summed E-state index contributed by atoms with van der Waals surface area (Å²) in [7, 11) is 1.30. The molecule has 0 spiro atoms. The van der Waals surface area contributed by atoms with Gasteiger partial charge in [-0.15, -0.1) is 11.3 Å². The van der Waals surface area contributed by atoms with E-state index in [2.05, 4.69) is 20.4 Å². The van der Waals surface area contributed by atoms with Gasteiger partial charge in [0.05, 0.1) is 13.7 Å². The van der Waals surface area contributed by atoms with Gasteiger partial charge < -0.3 is 15.4 Å². The monoisotopic (exact) mass is 255 g/mol. The van der Waals surface area contributed by atoms with Crippen LogP contribution in [0.5, 0.6) is 0 Å². The fraction of sp³-hybridized carbons (Fsp3) is 0.500. The number of amides is 1. The van der Waals surface area contributed by atoms with Crippen molar-refractivity contribution >= 4 is 28.3 Å². The van der Waals surface area contributed by atoms with E-state index in [0.717, 1.165) is 12.8 Å². The lowest BCUT2D eigenvalue weighted by Crippen LogP contribution is -2.31. The summed E-state index contributed by atoms with van der Waals surface area (Å²) < 4.78 is 4.53. The average Bonchev–Trinajstić information content (AvgIpc) is 3.00. The van der Waals surface area contributed by atoms with Gasteiger partial charge >= 0.3 is 5.97 Å². The normalized spacial score (nSPS) is 14.2. The van der Waals surface area contributed by atoms with Crippen molar-refractivity contribution in [3.8, 4) is 0 Å². The first kappa shape index (κ1) is 11.8. The molecular formula is C10H13N3O3S. The smallest absolute Gasteiger partial charge is 0.357 e. The molecule has 0 aromatic carbocycles. The molecule has 2 rings (SSSR count). The van der Waals surface area contributed by atoms with Crippen LogP contribution in [0.1, 0.15) is 23.3 Å². The second-order valence-corrected chi connectivity index (χ2v) is 4.58. The molecule has 1 aliphatic rings. The fourth-order valence-corrected chi connectivity index (χ4v) is 1.89. The van der Waals surface area contributed by atoms with Gasteiger partial charge in [0.15, 0.2) is 10.8 Å². The first-order valence-corrected chi connectivity index (χ1v) is 6.14. The number of ether oxygens (including phenoxy) is 1. The van der Waals surface area contributed by atoms with Crippen LogP contribution in [-0.4, -0.2) is 36.6 Å². The van der Waals surface area contributed by atoms with Crippen molar-refractivity contribution in [1.29, 1.82) is 0 Å². The largest absolute Gasteiger partial charge is 0.464 e. The van der Waals surface area contributed by atoms with E-state index in [0.29, 0.717) is 11.2 Å². The minimum atomic E-state index is -0.475. The number of thiazole rings is 1. The van der Waals surface area contributed by atoms with E-state index >= 15 is 0 Å². The van der Waals surface area contributed by atoms with Crippen molar-refractivity contribution in [2.45, 2.75) is 18.9 Å². The quantitative estimate of drug-likeness (QED) is 0.754. The van der Waals surface area contributed by atoms with E-state index < -0.39 is 5.97 Å². The number of nitrogens with one attached hydrogen (secondary N) is 2. The molecule has 0 bridgehead atoms. The topological polar surface area (TPSA) is 80.3 Å². The van der Waals surface area contributed by atoms with Crippen LogP contribution in [0.2, 0.25) is 0 Å². The molecule has 1 aliphatic carbocycles. The summed E-state index contributed by atoms with van der Waals surface area (Å²) in [5, 5.41) is 7.84. The Morgan fingerprint density at radius 1 is 1.59 bits per heavy atom. The van der Waals surface area contributed by atoms with E-state index in [4.69, 9.17) is 0 Å². The SMILES string of the molecule is COC(=O)c1csc(NCC(=O)NC2CC2)n1. The van der Waals surface area contributed by atoms with Crippen LogP contribution in [0.25, 0.3) is 0 Å². The number of carbonyl (C=O) groups is 2. The predicted octanol–water partition coefficient (Wildman–Crippen LogP) is 0.620. The molecule has 7 heteroatoms. The number of anilines is 1. The molecule has 0 radical (unpaired) electrons. The van der Waals surface area contributed by atoms with Crippen LogP contribution in [-0.2, 0) is 9.53 Å². The lowest BCUT2D eigenvalue weighted by Gasteiger charge is -2.03. The molecule has 1 fully saturated rings. The first-order valence-electron chi connectivity index (χ1n) is 5.26. The van der Waals surface area contributed by atoms with E-state index in [-0.39, 0.29) is 18.1 Å². The minimum absolute atomic E-state index is 0.0534. The molecule has 0 atom stereocenters. The number of rotatable bonds is 5. The van der Waals surface area contributed by atoms with Gasteiger partial charge in [0.1, 0.15) is 0 Å². The van der Waals surface area contributed by atoms with Gasteiger partial charge in [-0.3, -0.25) is 4.79 Å². The summed E-state index contributed by atoms with van der Waals surface area (Å²) in [5.74, 6) is -0.529. The van der Waals surface area contributed by atoms with Crippen LogP contribution < -0.4 is 10.6 Å². The molecule has 0 saturated heterocycles. The van der Waals surface area contributed by atoms with Crippen molar-refractivity contribution in [2.75, 3.05) is 19.0 Å². The minimum Gasteiger partial charge on any atom is -0.464 e. The van der Waals surface area contributed by atoms with Crippen LogP contribution in [0.15, 0.2) is 5.38 Å². The standard InChI is InChI=1S/C10H13N3O3S/c1-16-9(15)7-5-17-10(13-7)11-4-8(14)12-6-2-3-6/h5-6H,2-4H2,1H3,(H,11,13)(H,12,14). The Bertz CT molecular complexity index is 428. The van der Waals surface area contributed by atoms with Crippen molar-refractivity contribution in [3.63, 3.8) is 0 Å². The number of carbonyl (C=O) groups excluding carboxylic acids is 2. The van der Waals surface area contributed by atoms with Crippen molar-refractivity contribution in [2.24, 2.45) is 0 Å². The highest BCUT2D eigenvalue weighted by atomic mass is 32.1. The summed E-state index contributed by atoms with van der Waals surface area (Å²) in [6.45, 7) is 0.171. The highest BCUT2D eigenvalue weighted by Crippen LogP contribution is 2.18. The molecule has 17 heavy (non-hydrogen) atoms. The highest BCUT2D eigenvalue weighted by Gasteiger charge is 2.23. The van der Waals surface area contributed by atoms with Crippen LogP contribution in [0.3, 0.4) is 0 Å². The Labute approximate surface area is 102 Å². The summed E-state index contributed by atoms with van der Waals surface area (Å²) in [5.41, 5.74) is 0.252. The molecule has 1 saturated carbocycles. The Morgan fingerprint density at radius 2 is 2.35 bits per heavy atom. The highest BCUT2D eigenvalue weighted by molar-refractivity contribution is 7.13. The molecule has 0 aliphatic heterocycles. The third-order valence-electron chi connectivity index (χ3n) is 2.24. The molecule has 0 unspecified atom stereocenters. The van der Waals surface area contributed by atoms with Crippen LogP contribution in [0.4, 0.5) is 5.13 Å². The van der Waals surface area contributed by atoms with Gasteiger partial charge in [-0.05, 0) is 12.8 Å². The summed E-state index contributed by atoms with van der Waals surface area (Å²) in [4.78, 5) is 26.5. The number of nitrogens with zero attached hydrogens (tertiary/aromatic N) is 1. The summed E-state index contributed by atoms with van der Waals surface area (Å²) in [6, 6.07) is 0.353. The lowest BCUT2D eigenvalue weighted by atomic mass is 10.5. The molecule has 2 N–H and O–H groups in total. The zero-order valence-electron chi connectivity index (χ0n) is 9.36. The van der Waals surface area contributed by atoms with Gasteiger partial charge in [0.2, 0.25) is 5.91 Å². The second-order valence-electron chi connectivity index (χ2n) is 3.72. The van der Waals surface area contributed by atoms with Crippen molar-refractivity contribution in [1.82, 2.24) is 10.3 Å². The zero-order chi connectivity index (χ0) is 12.3. The van der Waals surface area contributed by atoms with E-state index in [1.807, 2.05) is 0 Å². The molecule has 1 aromatic heterocycles. The fourth-order valence-electron chi connectivity index (χ4n) is 1.22. The van der Waals surface area contributed by atoms with Crippen molar-refractivity contribution in [3.05, 3.63) is 11.1 Å². The third kappa shape index (κ3) is 3.42. The first-order chi connectivity index (χ1) is 8.19. The maximum absolute atomic E-state index is 11.4. The summed E-state index contributed by atoms with van der Waals surface area (Å²) >= 11 is 1.27. The van der Waals surface area contributed by atoms with Crippen molar-refractivity contribution < 1.29 is 14.3 Å². The zero-order valence-corrected chi connectivity index (χ0v) is 10.2. The van der Waals surface area contributed by atoms with Gasteiger partial charge in [-0.1, -0.05) is 0 Å². The number of esters is 1. The van der Waals surface area contributed by atoms with Crippen LogP contribution >= 0.6 is 11.3 Å². The van der Waals surface area contributed by atoms with Gasteiger partial charge in [-0.2, -0.15) is 0 Å². The molecule has 1 aromatic rings. The number of hydrogen-bond donors (Lipinski definition) is 2. The van der Waals surface area contributed by atoms with Gasteiger partial charge in [0, 0.05) is 11.4 Å². The second kappa shape index (κ2) is 5.13. The van der Waals surface area contributed by atoms with E-state index in [9.17, 15) is 9.59 Å². The molecule has 1 heterocycles.